The Hall–Kier alpha value is -1.04. The van der Waals surface area contributed by atoms with E-state index in [-0.39, 0.29) is 12.3 Å². The van der Waals surface area contributed by atoms with Gasteiger partial charge in [-0.3, -0.25) is 4.79 Å². The molecule has 1 heterocycles. The van der Waals surface area contributed by atoms with Crippen LogP contribution in [0.2, 0.25) is 0 Å². The van der Waals surface area contributed by atoms with E-state index >= 15 is 0 Å². The average molecular weight is 244 g/mol. The van der Waals surface area contributed by atoms with Crippen LogP contribution in [0.3, 0.4) is 0 Å². The highest BCUT2D eigenvalue weighted by Gasteiger charge is 2.13. The molecule has 1 atom stereocenters. The summed E-state index contributed by atoms with van der Waals surface area (Å²) in [5, 5.41) is 12.4. The Kier molecular flexibility index (Phi) is 5.31. The Morgan fingerprint density at radius 2 is 2.38 bits per heavy atom. The quantitative estimate of drug-likeness (QED) is 0.790. The Bertz CT molecular complexity index is 341. The van der Waals surface area contributed by atoms with Crippen LogP contribution in [0, 0.1) is 5.92 Å². The van der Waals surface area contributed by atoms with Crippen LogP contribution in [0.15, 0.2) is 4.52 Å². The zero-order chi connectivity index (χ0) is 12.0. The molecule has 90 valence electrons. The van der Waals surface area contributed by atoms with Gasteiger partial charge in [0.1, 0.15) is 0 Å². The molecule has 0 radical (unpaired) electrons. The summed E-state index contributed by atoms with van der Waals surface area (Å²) in [5.74, 6) is 2.19. The Morgan fingerprint density at radius 3 is 3.00 bits per heavy atom. The summed E-state index contributed by atoms with van der Waals surface area (Å²) in [6.07, 6.45) is 0.650. The monoisotopic (exact) mass is 244 g/mol. The summed E-state index contributed by atoms with van der Waals surface area (Å²) in [6.45, 7) is 3.93. The first-order chi connectivity index (χ1) is 7.61. The van der Waals surface area contributed by atoms with E-state index in [1.807, 2.05) is 6.92 Å². The van der Waals surface area contributed by atoms with E-state index < -0.39 is 5.97 Å². The number of carboxylic acids is 1. The predicted octanol–water partition coefficient (Wildman–Crippen LogP) is 1.98. The molecule has 1 aromatic heterocycles. The number of aliphatic carboxylic acids is 1. The largest absolute Gasteiger partial charge is 0.481 e. The van der Waals surface area contributed by atoms with Crippen molar-refractivity contribution in [1.29, 1.82) is 0 Å². The van der Waals surface area contributed by atoms with Gasteiger partial charge in [0.2, 0.25) is 5.89 Å². The molecule has 1 aromatic rings. The van der Waals surface area contributed by atoms with E-state index in [1.54, 1.807) is 11.8 Å². The Morgan fingerprint density at radius 1 is 1.62 bits per heavy atom. The fourth-order valence-electron chi connectivity index (χ4n) is 1.29. The summed E-state index contributed by atoms with van der Waals surface area (Å²) in [5.41, 5.74) is 0. The van der Waals surface area contributed by atoms with E-state index in [2.05, 4.69) is 17.1 Å². The van der Waals surface area contributed by atoms with Crippen molar-refractivity contribution in [3.63, 3.8) is 0 Å². The lowest BCUT2D eigenvalue weighted by atomic mass is 10.0. The van der Waals surface area contributed by atoms with E-state index in [0.717, 1.165) is 11.5 Å². The lowest BCUT2D eigenvalue weighted by Gasteiger charge is -2.03. The van der Waals surface area contributed by atoms with Crippen molar-refractivity contribution in [1.82, 2.24) is 10.1 Å². The number of nitrogens with zero attached hydrogens (tertiary/aromatic N) is 2. The third-order valence-corrected chi connectivity index (χ3v) is 2.86. The molecule has 5 nitrogen and oxygen atoms in total. The highest BCUT2D eigenvalue weighted by Crippen LogP contribution is 2.13. The topological polar surface area (TPSA) is 76.2 Å². The first kappa shape index (κ1) is 13.0. The summed E-state index contributed by atoms with van der Waals surface area (Å²) in [7, 11) is 0. The number of thioether (sulfide) groups is 1. The molecule has 0 saturated heterocycles. The molecule has 0 aliphatic carbocycles. The van der Waals surface area contributed by atoms with Crippen LogP contribution in [-0.2, 0) is 17.0 Å². The normalized spacial score (nSPS) is 12.6. The zero-order valence-corrected chi connectivity index (χ0v) is 10.3. The molecule has 1 N–H and O–H groups in total. The minimum atomic E-state index is -0.797. The smallest absolute Gasteiger partial charge is 0.303 e. The molecule has 0 saturated carbocycles. The van der Waals surface area contributed by atoms with Crippen LogP contribution in [0.5, 0.6) is 0 Å². The summed E-state index contributed by atoms with van der Waals surface area (Å²) in [4.78, 5) is 14.7. The molecule has 0 bridgehead atoms. The van der Waals surface area contributed by atoms with Gasteiger partial charge in [-0.15, -0.1) is 0 Å². The van der Waals surface area contributed by atoms with Crippen LogP contribution < -0.4 is 0 Å². The molecule has 1 rings (SSSR count). The summed E-state index contributed by atoms with van der Waals surface area (Å²) >= 11 is 1.72. The molecule has 16 heavy (non-hydrogen) atoms. The lowest BCUT2D eigenvalue weighted by Crippen LogP contribution is -2.07. The first-order valence-electron chi connectivity index (χ1n) is 5.22. The highest BCUT2D eigenvalue weighted by atomic mass is 32.2. The maximum absolute atomic E-state index is 10.5. The number of carboxylic acid groups (broad SMARTS) is 1. The van der Waals surface area contributed by atoms with Gasteiger partial charge < -0.3 is 9.63 Å². The Labute approximate surface area is 98.6 Å². The molecule has 0 spiro atoms. The van der Waals surface area contributed by atoms with Crippen LogP contribution in [0.1, 0.15) is 32.0 Å². The maximum atomic E-state index is 10.5. The summed E-state index contributed by atoms with van der Waals surface area (Å²) in [6, 6.07) is 0. The van der Waals surface area contributed by atoms with Crippen molar-refractivity contribution < 1.29 is 14.4 Å². The highest BCUT2D eigenvalue weighted by molar-refractivity contribution is 7.98. The van der Waals surface area contributed by atoms with Gasteiger partial charge in [0, 0.05) is 12.8 Å². The molecule has 1 unspecified atom stereocenters. The lowest BCUT2D eigenvalue weighted by molar-refractivity contribution is -0.137. The molecule has 0 amide bonds. The molecule has 0 aliphatic rings. The van der Waals surface area contributed by atoms with Crippen molar-refractivity contribution in [3.8, 4) is 0 Å². The number of carbonyl (C=O) groups is 1. The maximum Gasteiger partial charge on any atom is 0.303 e. The van der Waals surface area contributed by atoms with Crippen molar-refractivity contribution in [3.05, 3.63) is 11.7 Å². The zero-order valence-electron chi connectivity index (χ0n) is 9.47. The minimum Gasteiger partial charge on any atom is -0.481 e. The fourth-order valence-corrected chi connectivity index (χ4v) is 1.80. The molecule has 0 fully saturated rings. The van der Waals surface area contributed by atoms with Gasteiger partial charge in [-0.25, -0.2) is 0 Å². The van der Waals surface area contributed by atoms with Crippen LogP contribution in [-0.4, -0.2) is 27.0 Å². The SMILES string of the molecule is CCSCc1noc(CC(C)CC(=O)O)n1. The molecule has 0 aliphatic heterocycles. The fraction of sp³-hybridized carbons (Fsp3) is 0.700. The van der Waals surface area contributed by atoms with Gasteiger partial charge in [-0.2, -0.15) is 16.7 Å². The van der Waals surface area contributed by atoms with Crippen molar-refractivity contribution in [2.75, 3.05) is 5.75 Å². The molecular formula is C10H16N2O3S. The second-order valence-electron chi connectivity index (χ2n) is 3.65. The van der Waals surface area contributed by atoms with Gasteiger partial charge in [0.05, 0.1) is 5.75 Å². The van der Waals surface area contributed by atoms with Gasteiger partial charge in [0.15, 0.2) is 5.82 Å². The standard InChI is InChI=1S/C10H16N2O3S/c1-3-16-6-8-11-9(15-12-8)4-7(2)5-10(13)14/h7H,3-6H2,1-2H3,(H,13,14). The van der Waals surface area contributed by atoms with E-state index in [0.29, 0.717) is 18.1 Å². The van der Waals surface area contributed by atoms with Gasteiger partial charge in [-0.05, 0) is 11.7 Å². The van der Waals surface area contributed by atoms with Crippen molar-refractivity contribution in [2.24, 2.45) is 5.92 Å². The van der Waals surface area contributed by atoms with Crippen LogP contribution in [0.25, 0.3) is 0 Å². The first-order valence-corrected chi connectivity index (χ1v) is 6.38. The second kappa shape index (κ2) is 6.52. The van der Waals surface area contributed by atoms with Gasteiger partial charge in [-0.1, -0.05) is 19.0 Å². The van der Waals surface area contributed by atoms with E-state index in [4.69, 9.17) is 9.63 Å². The van der Waals surface area contributed by atoms with Gasteiger partial charge >= 0.3 is 5.97 Å². The third-order valence-electron chi connectivity index (χ3n) is 1.99. The van der Waals surface area contributed by atoms with Gasteiger partial charge in [0.25, 0.3) is 0 Å². The molecule has 6 heteroatoms. The Balaban J connectivity index is 2.42. The van der Waals surface area contributed by atoms with E-state index in [9.17, 15) is 4.79 Å². The van der Waals surface area contributed by atoms with Crippen LogP contribution >= 0.6 is 11.8 Å². The molecular weight excluding hydrogens is 228 g/mol. The predicted molar refractivity (Wildman–Crippen MR) is 61.3 cm³/mol. The number of hydrogen-bond donors (Lipinski definition) is 1. The number of aromatic nitrogens is 2. The summed E-state index contributed by atoms with van der Waals surface area (Å²) < 4.78 is 5.05. The average Bonchev–Trinajstić information content (AvgIpc) is 2.61. The number of rotatable bonds is 7. The van der Waals surface area contributed by atoms with Crippen molar-refractivity contribution in [2.45, 2.75) is 32.4 Å². The molecule has 0 aromatic carbocycles. The third kappa shape index (κ3) is 4.65. The van der Waals surface area contributed by atoms with E-state index in [1.165, 1.54) is 0 Å². The second-order valence-corrected chi connectivity index (χ2v) is 4.92. The van der Waals surface area contributed by atoms with Crippen LogP contribution in [0.4, 0.5) is 0 Å². The number of hydrogen-bond acceptors (Lipinski definition) is 5. The van der Waals surface area contributed by atoms with Crippen molar-refractivity contribution >= 4 is 17.7 Å². The minimum absolute atomic E-state index is 0.0182.